The first kappa shape index (κ1) is 55.5. The van der Waals surface area contributed by atoms with Gasteiger partial charge in [0.05, 0.1) is 66.2 Å². The van der Waals surface area contributed by atoms with E-state index >= 15 is 4.39 Å². The number of aliphatic hydroxyl groups is 1. The number of cyclic esters (lactones) is 1. The van der Waals surface area contributed by atoms with Crippen LogP contribution in [-0.2, 0) is 74.6 Å². The molecule has 420 valence electrons. The highest BCUT2D eigenvalue weighted by Crippen LogP contribution is 2.48. The van der Waals surface area contributed by atoms with E-state index in [1.807, 2.05) is 48.5 Å². The first-order valence-electron chi connectivity index (χ1n) is 26.7. The highest BCUT2D eigenvalue weighted by atomic mass is 19.1. The molecule has 4 aromatic carbocycles. The van der Waals surface area contributed by atoms with Gasteiger partial charge in [-0.3, -0.25) is 28.8 Å². The number of hydrogen-bond acceptors (Lipinski definition) is 13. The van der Waals surface area contributed by atoms with Crippen molar-refractivity contribution in [1.82, 2.24) is 41.0 Å². The van der Waals surface area contributed by atoms with Crippen LogP contribution in [0.1, 0.15) is 95.8 Å². The zero-order valence-corrected chi connectivity index (χ0v) is 45.3. The van der Waals surface area contributed by atoms with Crippen LogP contribution in [0.15, 0.2) is 95.8 Å². The van der Waals surface area contributed by atoms with Crippen LogP contribution >= 0.6 is 0 Å². The van der Waals surface area contributed by atoms with E-state index in [1.54, 1.807) is 71.1 Å². The van der Waals surface area contributed by atoms with E-state index in [9.17, 15) is 43.5 Å². The van der Waals surface area contributed by atoms with Gasteiger partial charge in [-0.1, -0.05) is 85.8 Å². The predicted octanol–water partition coefficient (Wildman–Crippen LogP) is 4.55. The van der Waals surface area contributed by atoms with Crippen LogP contribution in [0.4, 0.5) is 9.18 Å². The maximum absolute atomic E-state index is 15.5. The van der Waals surface area contributed by atoms with Gasteiger partial charge in [-0.15, -0.1) is 0 Å². The number of benzene rings is 4. The maximum Gasteiger partial charge on any atom is 0.410 e. The van der Waals surface area contributed by atoms with E-state index < -0.39 is 102 Å². The number of nitrogens with zero attached hydrogens (tertiary/aromatic N) is 3. The fourth-order valence-corrected chi connectivity index (χ4v) is 11.3. The molecule has 0 saturated heterocycles. The lowest BCUT2D eigenvalue weighted by atomic mass is 9.81. The molecule has 0 radical (unpaired) electrons. The molecule has 20 nitrogen and oxygen atoms in total. The van der Waals surface area contributed by atoms with Gasteiger partial charge in [-0.2, -0.15) is 0 Å². The Hall–Kier alpha value is -8.82. The number of aromatic nitrogens is 2. The Morgan fingerprint density at radius 2 is 1.57 bits per heavy atom. The number of rotatable bonds is 18. The van der Waals surface area contributed by atoms with Crippen molar-refractivity contribution in [3.8, 4) is 22.5 Å². The van der Waals surface area contributed by atoms with E-state index in [1.165, 1.54) is 15.5 Å². The second kappa shape index (κ2) is 22.4. The number of amides is 6. The number of hydrogen-bond donors (Lipinski definition) is 6. The number of esters is 1. The molecular formula is C60H61FN8O12. The second-order valence-corrected chi connectivity index (χ2v) is 21.4. The molecule has 0 fully saturated rings. The third-order valence-electron chi connectivity index (χ3n) is 15.7. The minimum atomic E-state index is -2.05. The van der Waals surface area contributed by atoms with E-state index in [0.29, 0.717) is 57.4 Å². The zero-order chi connectivity index (χ0) is 57.5. The Kier molecular flexibility index (Phi) is 15.3. The molecule has 0 bridgehead atoms. The summed E-state index contributed by atoms with van der Waals surface area (Å²) < 4.78 is 33.4. The monoisotopic (exact) mass is 1100 g/mol. The van der Waals surface area contributed by atoms with E-state index in [0.717, 1.165) is 27.8 Å². The minimum absolute atomic E-state index is 0.0421. The lowest BCUT2D eigenvalue weighted by Crippen LogP contribution is -2.52. The molecule has 3 atom stereocenters. The fraction of sp³-hybridized carbons (Fsp3) is 0.350. The summed E-state index contributed by atoms with van der Waals surface area (Å²) in [6, 6.07) is 25.0. The van der Waals surface area contributed by atoms with Crippen LogP contribution in [0, 0.1) is 18.2 Å². The number of nitrogens with one attached hydrogen (secondary N) is 5. The quantitative estimate of drug-likeness (QED) is 0.0392. The van der Waals surface area contributed by atoms with Crippen molar-refractivity contribution in [3.05, 3.63) is 157 Å². The van der Waals surface area contributed by atoms with E-state index in [2.05, 4.69) is 26.6 Å². The van der Waals surface area contributed by atoms with Crippen LogP contribution in [0.3, 0.4) is 0 Å². The number of carbonyl (C=O) groups excluding carboxylic acids is 7. The van der Waals surface area contributed by atoms with Crippen molar-refractivity contribution in [2.75, 3.05) is 40.1 Å². The summed E-state index contributed by atoms with van der Waals surface area (Å²) in [6.45, 7) is 4.21. The van der Waals surface area contributed by atoms with Crippen LogP contribution in [-0.4, -0.2) is 107 Å². The molecule has 0 spiro atoms. The minimum Gasteiger partial charge on any atom is -0.458 e. The van der Waals surface area contributed by atoms with E-state index in [4.69, 9.17) is 19.2 Å². The Labute approximate surface area is 464 Å². The molecule has 6 amide bonds. The normalized spacial score (nSPS) is 16.8. The number of halogens is 1. The smallest absolute Gasteiger partial charge is 0.410 e. The third-order valence-corrected chi connectivity index (χ3v) is 15.7. The summed E-state index contributed by atoms with van der Waals surface area (Å²) in [6.07, 6.45) is 0.0750. The predicted molar refractivity (Wildman–Crippen MR) is 292 cm³/mol. The van der Waals surface area contributed by atoms with Gasteiger partial charge in [0.15, 0.2) is 12.2 Å². The third kappa shape index (κ3) is 10.6. The van der Waals surface area contributed by atoms with Crippen LogP contribution < -0.4 is 32.1 Å². The molecule has 10 rings (SSSR count). The summed E-state index contributed by atoms with van der Waals surface area (Å²) in [7, 11) is 1.59. The highest BCUT2D eigenvalue weighted by molar-refractivity contribution is 5.95. The fourth-order valence-electron chi connectivity index (χ4n) is 11.3. The molecule has 0 unspecified atom stereocenters. The molecule has 2 aliphatic heterocycles. The summed E-state index contributed by atoms with van der Waals surface area (Å²) in [4.78, 5) is 113. The van der Waals surface area contributed by atoms with Gasteiger partial charge in [0.1, 0.15) is 25.2 Å². The summed E-state index contributed by atoms with van der Waals surface area (Å²) >= 11 is 0. The summed E-state index contributed by atoms with van der Waals surface area (Å²) in [5, 5.41) is 25.4. The Balaban J connectivity index is 0.718. The van der Waals surface area contributed by atoms with Gasteiger partial charge in [0.25, 0.3) is 11.5 Å². The van der Waals surface area contributed by atoms with Crippen molar-refractivity contribution in [2.45, 2.75) is 90.3 Å². The molecule has 4 aliphatic rings. The highest BCUT2D eigenvalue weighted by Gasteiger charge is 2.46. The lowest BCUT2D eigenvalue weighted by Gasteiger charge is -2.32. The van der Waals surface area contributed by atoms with Gasteiger partial charge in [-0.25, -0.2) is 19.0 Å². The number of ether oxygens (including phenoxy) is 3. The van der Waals surface area contributed by atoms with Crippen LogP contribution in [0.2, 0.25) is 0 Å². The first-order chi connectivity index (χ1) is 38.8. The molecule has 6 N–H and O–H groups in total. The molecule has 21 heteroatoms. The number of aryl methyl sites for hydroxylation is 1. The number of pyridine rings is 2. The molecule has 2 aromatic heterocycles. The van der Waals surface area contributed by atoms with Crippen LogP contribution in [0.25, 0.3) is 33.4 Å². The van der Waals surface area contributed by atoms with Crippen molar-refractivity contribution in [2.24, 2.45) is 5.41 Å². The van der Waals surface area contributed by atoms with Crippen molar-refractivity contribution in [1.29, 1.82) is 0 Å². The average molecular weight is 1110 g/mol. The topological polar surface area (TPSA) is 266 Å². The number of carbonyl (C=O) groups is 7. The zero-order valence-electron chi connectivity index (χ0n) is 45.3. The van der Waals surface area contributed by atoms with E-state index in [-0.39, 0.29) is 50.5 Å². The molecular weight excluding hydrogens is 1040 g/mol. The standard InChI is InChI=1S/C60H61FN8O12/c1-6-60(78)41-23-46-52-39(27-69(46)55(74)40(41)28-80-57(60)76)51-43(21-20-34-32(2)42(61)24-44(66-52)50(34)51)67-56(75)59(3,4)30-79-31-64-47(70)25-63-54(73)45(22-33-14-8-7-9-15-33)65-48(71)26-62-49(72)29-81-58(77)68(5)53-37-18-12-10-16-35(37)36-17-11-13-19-38(36)53/h7-19,23-24,43,45,53,78H,6,20-22,25-31H2,1-5H3,(H,62,72)(H,63,73)(H,64,70)(H,65,71)(H,67,75)/t43-,45-,60-/m0/s1. The van der Waals surface area contributed by atoms with Gasteiger partial charge >= 0.3 is 12.1 Å². The first-order valence-corrected chi connectivity index (χ1v) is 26.7. The molecule has 81 heavy (non-hydrogen) atoms. The van der Waals surface area contributed by atoms with Gasteiger partial charge in [0.2, 0.25) is 23.6 Å². The summed E-state index contributed by atoms with van der Waals surface area (Å²) in [5.74, 6) is -4.49. The van der Waals surface area contributed by atoms with Crippen molar-refractivity contribution in [3.63, 3.8) is 0 Å². The average Bonchev–Trinajstić information content (AvgIpc) is 2.64. The van der Waals surface area contributed by atoms with Crippen molar-refractivity contribution >= 4 is 52.5 Å². The number of fused-ring (bicyclic) bond motifs is 8. The molecule has 4 heterocycles. The van der Waals surface area contributed by atoms with Gasteiger partial charge < -0.3 is 55.4 Å². The Morgan fingerprint density at radius 1 is 0.889 bits per heavy atom. The molecule has 6 aromatic rings. The Morgan fingerprint density at radius 3 is 2.27 bits per heavy atom. The largest absolute Gasteiger partial charge is 0.458 e. The Bertz CT molecular complexity index is 3600. The van der Waals surface area contributed by atoms with Gasteiger partial charge in [0, 0.05) is 36.0 Å². The summed E-state index contributed by atoms with van der Waals surface area (Å²) in [5.41, 5.74) is 4.75. The molecule has 0 saturated carbocycles. The second-order valence-electron chi connectivity index (χ2n) is 21.4. The molecule has 2 aliphatic carbocycles. The van der Waals surface area contributed by atoms with Crippen molar-refractivity contribution < 1.29 is 57.3 Å². The van der Waals surface area contributed by atoms with Gasteiger partial charge in [-0.05, 0) is 90.6 Å². The van der Waals surface area contributed by atoms with Crippen LogP contribution in [0.5, 0.6) is 0 Å². The maximum atomic E-state index is 15.5. The lowest BCUT2D eigenvalue weighted by molar-refractivity contribution is -0.172. The SMILES string of the molecule is CC[C@@]1(O)C(=O)OCc2c1cc1n(c2=O)Cc2c-1nc1cc(F)c(C)c3c1c2[C@@H](NC(=O)C(C)(C)COCNC(=O)CNC(=O)[C@H](Cc1ccccc1)NC(=O)CNC(=O)COC(=O)N(C)C1c2ccccc2-c2ccccc21)CC3.